The predicted octanol–water partition coefficient (Wildman–Crippen LogP) is 2.66. The second-order valence-electron chi connectivity index (χ2n) is 5.63. The number of carboxylic acids is 1. The van der Waals surface area contributed by atoms with Crippen molar-refractivity contribution in [3.8, 4) is 0 Å². The molecular formula is C15H22Cl2N2O4S. The number of benzene rings is 1. The van der Waals surface area contributed by atoms with Crippen LogP contribution in [0.15, 0.2) is 23.1 Å². The Labute approximate surface area is 153 Å². The molecule has 0 heterocycles. The number of carboxylic acid groups (broad SMARTS) is 1. The van der Waals surface area contributed by atoms with E-state index in [1.165, 1.54) is 31.4 Å². The van der Waals surface area contributed by atoms with Crippen LogP contribution in [0, 0.1) is 0 Å². The van der Waals surface area contributed by atoms with Gasteiger partial charge in [0, 0.05) is 19.1 Å². The fourth-order valence-electron chi connectivity index (χ4n) is 2.69. The minimum Gasteiger partial charge on any atom is -0.478 e. The summed E-state index contributed by atoms with van der Waals surface area (Å²) < 4.78 is 26.9. The molecule has 0 aromatic heterocycles. The van der Waals surface area contributed by atoms with Gasteiger partial charge in [-0.2, -0.15) is 0 Å². The van der Waals surface area contributed by atoms with Crippen LogP contribution in [0.4, 0.5) is 0 Å². The van der Waals surface area contributed by atoms with Gasteiger partial charge in [0.25, 0.3) is 0 Å². The van der Waals surface area contributed by atoms with Gasteiger partial charge < -0.3 is 10.4 Å². The van der Waals surface area contributed by atoms with E-state index in [2.05, 4.69) is 10.0 Å². The fraction of sp³-hybridized carbons (Fsp3) is 0.533. The summed E-state index contributed by atoms with van der Waals surface area (Å²) in [5.41, 5.74) is -0.227. The lowest BCUT2D eigenvalue weighted by molar-refractivity contribution is 0.0697. The van der Waals surface area contributed by atoms with Crippen LogP contribution in [-0.4, -0.2) is 38.6 Å². The second-order valence-corrected chi connectivity index (χ2v) is 7.81. The molecule has 0 unspecified atom stereocenters. The highest BCUT2D eigenvalue weighted by atomic mass is 35.5. The summed E-state index contributed by atoms with van der Waals surface area (Å²) in [6, 6.07) is 4.11. The zero-order chi connectivity index (χ0) is 16.9. The van der Waals surface area contributed by atoms with E-state index in [1.54, 1.807) is 0 Å². The molecule has 2 rings (SSSR count). The molecule has 24 heavy (non-hydrogen) atoms. The molecule has 0 saturated heterocycles. The average molecular weight is 397 g/mol. The summed E-state index contributed by atoms with van der Waals surface area (Å²) in [6.07, 6.45) is 5.96. The van der Waals surface area contributed by atoms with E-state index >= 15 is 0 Å². The summed E-state index contributed by atoms with van der Waals surface area (Å²) in [7, 11) is -3.75. The van der Waals surface area contributed by atoms with Crippen molar-refractivity contribution in [2.45, 2.75) is 43.0 Å². The second kappa shape index (κ2) is 9.58. The van der Waals surface area contributed by atoms with Crippen LogP contribution in [0.5, 0.6) is 0 Å². The quantitative estimate of drug-likeness (QED) is 0.615. The highest BCUT2D eigenvalue weighted by Gasteiger charge is 2.18. The topological polar surface area (TPSA) is 95.5 Å². The molecule has 6 nitrogen and oxygen atoms in total. The summed E-state index contributed by atoms with van der Waals surface area (Å²) in [5, 5.41) is 12.4. The van der Waals surface area contributed by atoms with Crippen molar-refractivity contribution < 1.29 is 18.3 Å². The van der Waals surface area contributed by atoms with E-state index < -0.39 is 16.0 Å². The molecule has 9 heteroatoms. The van der Waals surface area contributed by atoms with Crippen LogP contribution >= 0.6 is 24.0 Å². The first-order valence-electron chi connectivity index (χ1n) is 7.66. The third-order valence-electron chi connectivity index (χ3n) is 3.93. The molecular weight excluding hydrogens is 375 g/mol. The van der Waals surface area contributed by atoms with E-state index in [0.29, 0.717) is 12.6 Å². The number of sulfonamides is 1. The monoisotopic (exact) mass is 396 g/mol. The number of hydrogen-bond donors (Lipinski definition) is 3. The Kier molecular flexibility index (Phi) is 8.45. The fourth-order valence-corrected chi connectivity index (χ4v) is 3.94. The predicted molar refractivity (Wildman–Crippen MR) is 95.7 cm³/mol. The van der Waals surface area contributed by atoms with E-state index in [-0.39, 0.29) is 34.4 Å². The Balaban J connectivity index is 0.00000288. The van der Waals surface area contributed by atoms with Crippen LogP contribution in [0.1, 0.15) is 42.5 Å². The molecule has 1 saturated carbocycles. The van der Waals surface area contributed by atoms with Crippen LogP contribution < -0.4 is 10.0 Å². The Hall–Kier alpha value is -0.860. The van der Waals surface area contributed by atoms with Crippen molar-refractivity contribution in [1.82, 2.24) is 10.0 Å². The van der Waals surface area contributed by atoms with Crippen molar-refractivity contribution in [2.24, 2.45) is 0 Å². The Morgan fingerprint density at radius 3 is 2.50 bits per heavy atom. The summed E-state index contributed by atoms with van der Waals surface area (Å²) >= 11 is 5.75. The van der Waals surface area contributed by atoms with Gasteiger partial charge in [-0.05, 0) is 31.0 Å². The number of hydrogen-bond acceptors (Lipinski definition) is 4. The van der Waals surface area contributed by atoms with Crippen LogP contribution in [0.3, 0.4) is 0 Å². The van der Waals surface area contributed by atoms with Crippen molar-refractivity contribution in [1.29, 1.82) is 0 Å². The summed E-state index contributed by atoms with van der Waals surface area (Å²) in [5.74, 6) is -1.26. The SMILES string of the molecule is Cl.O=C(O)c1cc(S(=O)(=O)NCCNC2CCCCC2)ccc1Cl. The molecule has 1 aliphatic carbocycles. The van der Waals surface area contributed by atoms with Crippen molar-refractivity contribution in [3.63, 3.8) is 0 Å². The van der Waals surface area contributed by atoms with Gasteiger partial charge in [0.15, 0.2) is 0 Å². The summed E-state index contributed by atoms with van der Waals surface area (Å²) in [4.78, 5) is 10.9. The first kappa shape index (κ1) is 21.2. The lowest BCUT2D eigenvalue weighted by atomic mass is 9.96. The molecule has 0 radical (unpaired) electrons. The molecule has 1 aromatic rings. The molecule has 0 atom stereocenters. The van der Waals surface area contributed by atoms with Gasteiger partial charge in [0.1, 0.15) is 0 Å². The average Bonchev–Trinajstić information content (AvgIpc) is 2.52. The Bertz CT molecular complexity index is 661. The Morgan fingerprint density at radius 1 is 1.21 bits per heavy atom. The van der Waals surface area contributed by atoms with Crippen molar-refractivity contribution in [2.75, 3.05) is 13.1 Å². The zero-order valence-corrected chi connectivity index (χ0v) is 15.5. The lowest BCUT2D eigenvalue weighted by Crippen LogP contribution is -2.38. The number of carbonyl (C=O) groups is 1. The summed E-state index contributed by atoms with van der Waals surface area (Å²) in [6.45, 7) is 0.799. The minimum atomic E-state index is -3.75. The van der Waals surface area contributed by atoms with Gasteiger partial charge in [0.05, 0.1) is 15.5 Å². The maximum atomic E-state index is 12.2. The van der Waals surface area contributed by atoms with E-state index in [9.17, 15) is 13.2 Å². The van der Waals surface area contributed by atoms with E-state index in [0.717, 1.165) is 18.9 Å². The maximum absolute atomic E-state index is 12.2. The normalized spacial score (nSPS) is 15.7. The van der Waals surface area contributed by atoms with Gasteiger partial charge in [-0.15, -0.1) is 12.4 Å². The first-order chi connectivity index (χ1) is 10.9. The van der Waals surface area contributed by atoms with Gasteiger partial charge in [0.2, 0.25) is 10.0 Å². The largest absolute Gasteiger partial charge is 0.478 e. The smallest absolute Gasteiger partial charge is 0.337 e. The molecule has 3 N–H and O–H groups in total. The number of rotatable bonds is 7. The van der Waals surface area contributed by atoms with Gasteiger partial charge in [-0.25, -0.2) is 17.9 Å². The van der Waals surface area contributed by atoms with Gasteiger partial charge in [-0.1, -0.05) is 30.9 Å². The molecule has 1 aromatic carbocycles. The molecule has 1 fully saturated rings. The van der Waals surface area contributed by atoms with E-state index in [4.69, 9.17) is 16.7 Å². The highest BCUT2D eigenvalue weighted by Crippen LogP contribution is 2.20. The maximum Gasteiger partial charge on any atom is 0.337 e. The molecule has 0 aliphatic heterocycles. The molecule has 136 valence electrons. The third kappa shape index (κ3) is 5.89. The first-order valence-corrected chi connectivity index (χ1v) is 9.52. The van der Waals surface area contributed by atoms with Gasteiger partial charge >= 0.3 is 5.97 Å². The van der Waals surface area contributed by atoms with Crippen LogP contribution in [0.2, 0.25) is 5.02 Å². The van der Waals surface area contributed by atoms with Crippen LogP contribution in [0.25, 0.3) is 0 Å². The van der Waals surface area contributed by atoms with Crippen molar-refractivity contribution in [3.05, 3.63) is 28.8 Å². The zero-order valence-electron chi connectivity index (χ0n) is 13.1. The van der Waals surface area contributed by atoms with E-state index in [1.807, 2.05) is 0 Å². The molecule has 0 amide bonds. The molecule has 0 bridgehead atoms. The van der Waals surface area contributed by atoms with Gasteiger partial charge in [-0.3, -0.25) is 0 Å². The number of nitrogens with one attached hydrogen (secondary N) is 2. The number of halogens is 2. The Morgan fingerprint density at radius 2 is 1.88 bits per heavy atom. The van der Waals surface area contributed by atoms with Crippen molar-refractivity contribution >= 4 is 40.0 Å². The van der Waals surface area contributed by atoms with Crippen LogP contribution in [-0.2, 0) is 10.0 Å². The molecule has 1 aliphatic rings. The number of aromatic carboxylic acids is 1. The highest BCUT2D eigenvalue weighted by molar-refractivity contribution is 7.89. The third-order valence-corrected chi connectivity index (χ3v) is 5.72. The molecule has 0 spiro atoms. The lowest BCUT2D eigenvalue weighted by Gasteiger charge is -2.22. The standard InChI is InChI=1S/C15H21ClN2O4S.ClH/c16-14-7-6-12(10-13(14)15(19)20)23(21,22)18-9-8-17-11-4-2-1-3-5-11;/h6-7,10-11,17-18H,1-5,8-9H2,(H,19,20);1H. The minimum absolute atomic E-state index is 0.